The normalized spacial score (nSPS) is 19.1. The molecule has 2 aliphatic rings. The van der Waals surface area contributed by atoms with Crippen molar-refractivity contribution in [3.8, 4) is 0 Å². The third-order valence-corrected chi connectivity index (χ3v) is 5.90. The van der Waals surface area contributed by atoms with Crippen molar-refractivity contribution in [2.24, 2.45) is 5.73 Å². The second-order valence-electron chi connectivity index (χ2n) is 7.92. The van der Waals surface area contributed by atoms with Gasteiger partial charge in [0, 0.05) is 64.0 Å². The summed E-state index contributed by atoms with van der Waals surface area (Å²) < 4.78 is 13.8. The first-order valence-electron chi connectivity index (χ1n) is 10.3. The van der Waals surface area contributed by atoms with Crippen LogP contribution < -0.4 is 10.6 Å². The lowest BCUT2D eigenvalue weighted by Crippen LogP contribution is -2.64. The molecule has 6 nitrogen and oxygen atoms in total. The van der Waals surface area contributed by atoms with Crippen LogP contribution in [0.15, 0.2) is 48.7 Å². The predicted molar refractivity (Wildman–Crippen MR) is 111 cm³/mol. The minimum absolute atomic E-state index is 0.0669. The fourth-order valence-electron chi connectivity index (χ4n) is 4.12. The van der Waals surface area contributed by atoms with Crippen molar-refractivity contribution in [3.63, 3.8) is 0 Å². The molecule has 2 aromatic rings. The van der Waals surface area contributed by atoms with Crippen LogP contribution in [0.4, 0.5) is 10.2 Å². The average Bonchev–Trinajstić information content (AvgIpc) is 2.70. The first-order chi connectivity index (χ1) is 14.1. The number of benzene rings is 1. The number of halogens is 1. The zero-order valence-corrected chi connectivity index (χ0v) is 16.6. The number of likely N-dealkylation sites (tertiary alicyclic amines) is 1. The molecule has 2 fully saturated rings. The Labute approximate surface area is 171 Å². The molecule has 7 heteroatoms. The number of nitrogens with zero attached hydrogens (tertiary/aromatic N) is 4. The Morgan fingerprint density at radius 1 is 1.10 bits per heavy atom. The van der Waals surface area contributed by atoms with Crippen molar-refractivity contribution < 1.29 is 9.18 Å². The van der Waals surface area contributed by atoms with Crippen LogP contribution in [0.1, 0.15) is 12.0 Å². The Kier molecular flexibility index (Phi) is 6.06. The summed E-state index contributed by atoms with van der Waals surface area (Å²) in [6.07, 6.45) is 2.47. The number of rotatable bonds is 6. The highest BCUT2D eigenvalue weighted by Gasteiger charge is 2.36. The largest absolute Gasteiger partial charge is 0.354 e. The second kappa shape index (κ2) is 8.88. The molecule has 2 aliphatic heterocycles. The molecule has 0 spiro atoms. The highest BCUT2D eigenvalue weighted by molar-refractivity contribution is 5.77. The molecule has 0 radical (unpaired) electrons. The number of carbonyl (C=O) groups is 1. The third-order valence-electron chi connectivity index (χ3n) is 5.90. The van der Waals surface area contributed by atoms with Crippen LogP contribution in [0.2, 0.25) is 0 Å². The van der Waals surface area contributed by atoms with Gasteiger partial charge in [-0.15, -0.1) is 0 Å². The average molecular weight is 397 g/mol. The lowest BCUT2D eigenvalue weighted by Gasteiger charge is -2.48. The number of piperazine rings is 1. The number of hydrogen-bond donors (Lipinski definition) is 1. The van der Waals surface area contributed by atoms with Crippen LogP contribution >= 0.6 is 0 Å². The van der Waals surface area contributed by atoms with Gasteiger partial charge >= 0.3 is 0 Å². The van der Waals surface area contributed by atoms with Gasteiger partial charge in [0.2, 0.25) is 5.91 Å². The summed E-state index contributed by atoms with van der Waals surface area (Å²) in [6, 6.07) is 12.7. The zero-order chi connectivity index (χ0) is 20.2. The molecule has 2 N–H and O–H groups in total. The van der Waals surface area contributed by atoms with E-state index in [1.54, 1.807) is 18.2 Å². The number of hydrogen-bond acceptors (Lipinski definition) is 5. The molecule has 3 heterocycles. The lowest BCUT2D eigenvalue weighted by molar-refractivity contribution is -0.139. The van der Waals surface area contributed by atoms with E-state index in [1.807, 2.05) is 29.3 Å². The van der Waals surface area contributed by atoms with Crippen LogP contribution in [-0.2, 0) is 11.2 Å². The monoisotopic (exact) mass is 397 g/mol. The van der Waals surface area contributed by atoms with Gasteiger partial charge in [-0.3, -0.25) is 9.69 Å². The summed E-state index contributed by atoms with van der Waals surface area (Å²) in [4.78, 5) is 23.6. The molecule has 0 bridgehead atoms. The molecule has 29 heavy (non-hydrogen) atoms. The zero-order valence-electron chi connectivity index (χ0n) is 16.6. The highest BCUT2D eigenvalue weighted by atomic mass is 19.1. The fourth-order valence-corrected chi connectivity index (χ4v) is 4.12. The van der Waals surface area contributed by atoms with E-state index in [0.717, 1.165) is 45.1 Å². The molecule has 1 aromatic heterocycles. The number of nitrogens with two attached hydrogens (primary N) is 1. The standard InChI is InChI=1S/C22H28FN5O/c23-20-6-2-1-5-17(20)13-18(24)14-22(29)28-15-19(16-28)26-9-11-27(12-10-26)21-7-3-4-8-25-21/h1-8,18-19H,9-16,24H2. The van der Waals surface area contributed by atoms with Crippen molar-refractivity contribution in [2.45, 2.75) is 24.9 Å². The molecule has 4 rings (SSSR count). The van der Waals surface area contributed by atoms with Crippen LogP contribution in [0.3, 0.4) is 0 Å². The van der Waals surface area contributed by atoms with E-state index in [-0.39, 0.29) is 24.2 Å². The van der Waals surface area contributed by atoms with Gasteiger partial charge in [-0.25, -0.2) is 9.37 Å². The van der Waals surface area contributed by atoms with E-state index in [1.165, 1.54) is 6.07 Å². The van der Waals surface area contributed by atoms with Crippen LogP contribution in [0.25, 0.3) is 0 Å². The second-order valence-corrected chi connectivity index (χ2v) is 7.92. The van der Waals surface area contributed by atoms with Gasteiger partial charge in [-0.1, -0.05) is 24.3 Å². The minimum Gasteiger partial charge on any atom is -0.354 e. The van der Waals surface area contributed by atoms with Gasteiger partial charge < -0.3 is 15.5 Å². The quantitative estimate of drug-likeness (QED) is 0.801. The van der Waals surface area contributed by atoms with Gasteiger partial charge in [0.25, 0.3) is 0 Å². The van der Waals surface area contributed by atoms with E-state index < -0.39 is 0 Å². The summed E-state index contributed by atoms with van der Waals surface area (Å²) in [5.74, 6) is 0.836. The first kappa shape index (κ1) is 19.8. The Bertz CT molecular complexity index is 819. The van der Waals surface area contributed by atoms with Crippen molar-refractivity contribution in [2.75, 3.05) is 44.2 Å². The third kappa shape index (κ3) is 4.74. The summed E-state index contributed by atoms with van der Waals surface area (Å²) in [5, 5.41) is 0. The van der Waals surface area contributed by atoms with Crippen LogP contribution in [0.5, 0.6) is 0 Å². The molecule has 0 aliphatic carbocycles. The van der Waals surface area contributed by atoms with Crippen molar-refractivity contribution >= 4 is 11.7 Å². The summed E-state index contributed by atoms with van der Waals surface area (Å²) in [6.45, 7) is 5.39. The van der Waals surface area contributed by atoms with E-state index in [9.17, 15) is 9.18 Å². The Hall–Kier alpha value is -2.51. The molecule has 1 unspecified atom stereocenters. The summed E-state index contributed by atoms with van der Waals surface area (Å²) in [5.41, 5.74) is 6.67. The van der Waals surface area contributed by atoms with E-state index in [4.69, 9.17) is 5.73 Å². The molecule has 154 valence electrons. The Balaban J connectivity index is 1.19. The van der Waals surface area contributed by atoms with Gasteiger partial charge in [0.15, 0.2) is 0 Å². The molecule has 1 atom stereocenters. The molecule has 0 saturated carbocycles. The lowest BCUT2D eigenvalue weighted by atomic mass is 10.0. The van der Waals surface area contributed by atoms with Crippen molar-refractivity contribution in [1.82, 2.24) is 14.8 Å². The SMILES string of the molecule is NC(CC(=O)N1CC(N2CCN(c3ccccn3)CC2)C1)Cc1ccccc1F. The Morgan fingerprint density at radius 3 is 2.52 bits per heavy atom. The molecular weight excluding hydrogens is 369 g/mol. The van der Waals surface area contributed by atoms with Crippen molar-refractivity contribution in [1.29, 1.82) is 0 Å². The van der Waals surface area contributed by atoms with Gasteiger partial charge in [-0.2, -0.15) is 0 Å². The van der Waals surface area contributed by atoms with Crippen molar-refractivity contribution in [3.05, 3.63) is 60.0 Å². The van der Waals surface area contributed by atoms with Gasteiger partial charge in [0.1, 0.15) is 11.6 Å². The fraction of sp³-hybridized carbons (Fsp3) is 0.455. The van der Waals surface area contributed by atoms with Gasteiger partial charge in [0.05, 0.1) is 0 Å². The van der Waals surface area contributed by atoms with E-state index in [0.29, 0.717) is 18.0 Å². The number of amides is 1. The maximum Gasteiger partial charge on any atom is 0.224 e. The van der Waals surface area contributed by atoms with Gasteiger partial charge in [-0.05, 0) is 30.2 Å². The molecular formula is C22H28FN5O. The summed E-state index contributed by atoms with van der Waals surface area (Å²) >= 11 is 0. The number of pyridine rings is 1. The first-order valence-corrected chi connectivity index (χ1v) is 10.3. The number of anilines is 1. The highest BCUT2D eigenvalue weighted by Crippen LogP contribution is 2.20. The maximum atomic E-state index is 13.8. The number of carbonyl (C=O) groups excluding carboxylic acids is 1. The molecule has 2 saturated heterocycles. The van der Waals surface area contributed by atoms with E-state index >= 15 is 0 Å². The Morgan fingerprint density at radius 2 is 1.83 bits per heavy atom. The summed E-state index contributed by atoms with van der Waals surface area (Å²) in [7, 11) is 0. The molecule has 1 amide bonds. The minimum atomic E-state index is -0.361. The number of aromatic nitrogens is 1. The predicted octanol–water partition coefficient (Wildman–Crippen LogP) is 1.51. The molecule has 1 aromatic carbocycles. The topological polar surface area (TPSA) is 65.7 Å². The van der Waals surface area contributed by atoms with E-state index in [2.05, 4.69) is 14.8 Å². The smallest absolute Gasteiger partial charge is 0.224 e. The van der Waals surface area contributed by atoms with Crippen LogP contribution in [-0.4, -0.2) is 72.0 Å². The maximum absolute atomic E-state index is 13.8. The van der Waals surface area contributed by atoms with Crippen LogP contribution in [0, 0.1) is 5.82 Å².